The van der Waals surface area contributed by atoms with Crippen molar-refractivity contribution in [2.45, 2.75) is 145 Å². The predicted molar refractivity (Wildman–Crippen MR) is 135 cm³/mol. The van der Waals surface area contributed by atoms with Crippen molar-refractivity contribution in [1.82, 2.24) is 0 Å². The third-order valence-corrected chi connectivity index (χ3v) is 9.57. The monoisotopic (exact) mass is 508 g/mol. The van der Waals surface area contributed by atoms with Crippen LogP contribution in [0.2, 0.25) is 0 Å². The van der Waals surface area contributed by atoms with Gasteiger partial charge in [0.2, 0.25) is 0 Å². The first-order valence-electron chi connectivity index (χ1n) is 14.8. The van der Waals surface area contributed by atoms with Crippen LogP contribution in [0, 0.1) is 11.8 Å². The molecule has 0 amide bonds. The summed E-state index contributed by atoms with van der Waals surface area (Å²) < 4.78 is 29.3. The molecule has 1 N–H and O–H groups in total. The molecule has 206 valence electrons. The Labute approximate surface area is 216 Å². The maximum atomic E-state index is 12.9. The SMILES string of the molecule is CC1(C2CCC(C)(OC3CCC(C4CO4)CC3O)C(OC(=O)CCCCCCCCC3CO3)C2)CO1. The van der Waals surface area contributed by atoms with E-state index in [1.165, 1.54) is 32.1 Å². The van der Waals surface area contributed by atoms with Gasteiger partial charge in [-0.15, -0.1) is 0 Å². The van der Waals surface area contributed by atoms with Crippen molar-refractivity contribution in [3.05, 3.63) is 0 Å². The topological polar surface area (TPSA) is 93.3 Å². The number of hydrogen-bond acceptors (Lipinski definition) is 7. The zero-order valence-corrected chi connectivity index (χ0v) is 22.5. The van der Waals surface area contributed by atoms with Gasteiger partial charge in [-0.05, 0) is 77.0 Å². The van der Waals surface area contributed by atoms with E-state index in [-0.39, 0.29) is 23.8 Å². The van der Waals surface area contributed by atoms with Crippen LogP contribution in [0.4, 0.5) is 0 Å². The minimum Gasteiger partial charge on any atom is -0.459 e. The van der Waals surface area contributed by atoms with Crippen LogP contribution in [0.5, 0.6) is 0 Å². The second kappa shape index (κ2) is 11.6. The van der Waals surface area contributed by atoms with Crippen LogP contribution in [-0.2, 0) is 28.5 Å². The molecule has 36 heavy (non-hydrogen) atoms. The molecule has 9 unspecified atom stereocenters. The summed E-state index contributed by atoms with van der Waals surface area (Å²) in [6, 6.07) is 0. The molecule has 3 heterocycles. The summed E-state index contributed by atoms with van der Waals surface area (Å²) in [5.41, 5.74) is -0.656. The maximum Gasteiger partial charge on any atom is 0.306 e. The molecule has 3 saturated heterocycles. The maximum absolute atomic E-state index is 12.9. The van der Waals surface area contributed by atoms with Crippen LogP contribution in [0.3, 0.4) is 0 Å². The van der Waals surface area contributed by atoms with Gasteiger partial charge in [0, 0.05) is 6.42 Å². The summed E-state index contributed by atoms with van der Waals surface area (Å²) in [6.07, 6.45) is 13.6. The zero-order valence-electron chi connectivity index (χ0n) is 22.5. The van der Waals surface area contributed by atoms with Crippen LogP contribution in [0.15, 0.2) is 0 Å². The Morgan fingerprint density at radius 1 is 0.972 bits per heavy atom. The number of carbonyl (C=O) groups excluding carboxylic acids is 1. The quantitative estimate of drug-likeness (QED) is 0.206. The van der Waals surface area contributed by atoms with E-state index in [1.54, 1.807) is 0 Å². The third-order valence-electron chi connectivity index (χ3n) is 9.57. The van der Waals surface area contributed by atoms with Crippen LogP contribution in [0.1, 0.15) is 104 Å². The number of unbranched alkanes of at least 4 members (excludes halogenated alkanes) is 5. The smallest absolute Gasteiger partial charge is 0.306 e. The molecule has 0 aromatic carbocycles. The van der Waals surface area contributed by atoms with Crippen LogP contribution < -0.4 is 0 Å². The highest BCUT2D eigenvalue weighted by Gasteiger charge is 2.55. The van der Waals surface area contributed by atoms with E-state index in [0.717, 1.165) is 71.2 Å². The predicted octanol–water partition coefficient (Wildman–Crippen LogP) is 4.71. The van der Waals surface area contributed by atoms with E-state index in [2.05, 4.69) is 13.8 Å². The summed E-state index contributed by atoms with van der Waals surface area (Å²) >= 11 is 0. The van der Waals surface area contributed by atoms with Gasteiger partial charge in [-0.1, -0.05) is 32.1 Å². The van der Waals surface area contributed by atoms with Gasteiger partial charge >= 0.3 is 5.97 Å². The molecule has 0 radical (unpaired) electrons. The molecular formula is C29H48O7. The van der Waals surface area contributed by atoms with E-state index in [9.17, 15) is 9.90 Å². The fraction of sp³-hybridized carbons (Fsp3) is 0.966. The van der Waals surface area contributed by atoms with Gasteiger partial charge in [-0.25, -0.2) is 0 Å². The lowest BCUT2D eigenvalue weighted by Gasteiger charge is -2.47. The van der Waals surface area contributed by atoms with Crippen molar-refractivity contribution in [3.63, 3.8) is 0 Å². The Kier molecular flexibility index (Phi) is 8.63. The number of aliphatic hydroxyl groups excluding tert-OH is 1. The Balaban J connectivity index is 1.08. The number of aliphatic hydroxyl groups is 1. The van der Waals surface area contributed by atoms with Crippen molar-refractivity contribution in [3.8, 4) is 0 Å². The lowest BCUT2D eigenvalue weighted by atomic mass is 9.72. The van der Waals surface area contributed by atoms with Gasteiger partial charge < -0.3 is 28.8 Å². The van der Waals surface area contributed by atoms with Gasteiger partial charge in [0.05, 0.1) is 49.8 Å². The molecule has 2 saturated carbocycles. The average molecular weight is 509 g/mol. The minimum absolute atomic E-state index is 0.0839. The molecule has 2 aliphatic carbocycles. The van der Waals surface area contributed by atoms with Crippen molar-refractivity contribution in [2.24, 2.45) is 11.8 Å². The van der Waals surface area contributed by atoms with Crippen LogP contribution in [0.25, 0.3) is 0 Å². The number of carbonyl (C=O) groups is 1. The number of hydrogen-bond donors (Lipinski definition) is 1. The molecule has 5 rings (SSSR count). The molecule has 0 aromatic rings. The van der Waals surface area contributed by atoms with Crippen molar-refractivity contribution in [2.75, 3.05) is 19.8 Å². The molecule has 0 bridgehead atoms. The van der Waals surface area contributed by atoms with Crippen LogP contribution >= 0.6 is 0 Å². The van der Waals surface area contributed by atoms with Gasteiger partial charge in [0.15, 0.2) is 0 Å². The molecular weight excluding hydrogens is 460 g/mol. The first-order valence-corrected chi connectivity index (χ1v) is 14.8. The van der Waals surface area contributed by atoms with Gasteiger partial charge in [-0.2, -0.15) is 0 Å². The van der Waals surface area contributed by atoms with Gasteiger partial charge in [0.1, 0.15) is 11.7 Å². The van der Waals surface area contributed by atoms with Crippen molar-refractivity contribution in [1.29, 1.82) is 0 Å². The molecule has 9 atom stereocenters. The summed E-state index contributed by atoms with van der Waals surface area (Å²) in [5.74, 6) is 0.704. The van der Waals surface area contributed by atoms with Crippen molar-refractivity contribution < 1.29 is 33.6 Å². The lowest BCUT2D eigenvalue weighted by molar-refractivity contribution is -0.217. The third kappa shape index (κ3) is 7.22. The zero-order chi connectivity index (χ0) is 25.2. The first kappa shape index (κ1) is 26.9. The highest BCUT2D eigenvalue weighted by atomic mass is 16.6. The summed E-state index contributed by atoms with van der Waals surface area (Å²) in [6.45, 7) is 6.83. The fourth-order valence-corrected chi connectivity index (χ4v) is 6.56. The van der Waals surface area contributed by atoms with Crippen molar-refractivity contribution >= 4 is 5.97 Å². The van der Waals surface area contributed by atoms with E-state index in [1.807, 2.05) is 0 Å². The van der Waals surface area contributed by atoms with Gasteiger partial charge in [0.25, 0.3) is 0 Å². The largest absolute Gasteiger partial charge is 0.459 e. The Bertz CT molecular complexity index is 731. The first-order chi connectivity index (χ1) is 17.3. The molecule has 0 aromatic heterocycles. The van der Waals surface area contributed by atoms with E-state index in [0.29, 0.717) is 30.5 Å². The number of ether oxygens (including phenoxy) is 5. The molecule has 7 heteroatoms. The van der Waals surface area contributed by atoms with E-state index in [4.69, 9.17) is 23.7 Å². The second-order valence-corrected chi connectivity index (χ2v) is 12.6. The molecule has 0 spiro atoms. The number of epoxide rings is 3. The highest BCUT2D eigenvalue weighted by molar-refractivity contribution is 5.69. The van der Waals surface area contributed by atoms with E-state index < -0.39 is 11.7 Å². The normalized spacial score (nSPS) is 43.7. The van der Waals surface area contributed by atoms with Crippen LogP contribution in [-0.4, -0.2) is 72.6 Å². The van der Waals surface area contributed by atoms with E-state index >= 15 is 0 Å². The number of rotatable bonds is 14. The molecule has 3 aliphatic heterocycles. The highest BCUT2D eigenvalue weighted by Crippen LogP contribution is 2.48. The Hall–Kier alpha value is -0.730. The molecule has 5 aliphatic rings. The Morgan fingerprint density at radius 3 is 2.36 bits per heavy atom. The second-order valence-electron chi connectivity index (χ2n) is 12.6. The standard InChI is InChI=1S/C29H48O7/c1-28(36-24-12-11-20(15-23(24)30)25-18-33-25)14-13-21(29(2)19-34-29)16-26(28)35-27(31)10-8-6-4-3-5-7-9-22-17-32-22/h20-26,30H,3-19H2,1-2H3. The number of esters is 1. The summed E-state index contributed by atoms with van der Waals surface area (Å²) in [5, 5.41) is 10.9. The fourth-order valence-electron chi connectivity index (χ4n) is 6.56. The molecule has 7 nitrogen and oxygen atoms in total. The average Bonchev–Trinajstić information content (AvgIpc) is 3.70. The summed E-state index contributed by atoms with van der Waals surface area (Å²) in [4.78, 5) is 12.9. The molecule has 5 fully saturated rings. The van der Waals surface area contributed by atoms with Gasteiger partial charge in [-0.3, -0.25) is 4.79 Å². The lowest BCUT2D eigenvalue weighted by Crippen LogP contribution is -2.54. The Morgan fingerprint density at radius 2 is 1.69 bits per heavy atom. The summed E-state index contributed by atoms with van der Waals surface area (Å²) in [7, 11) is 0. The minimum atomic E-state index is -0.572.